The standard InChI is InChI=1S/C21H30N4O3.HI/c1-5-22-19(26)17-10-8-16(9-11-17)13-24-20(23-6-2)25-14-21(4,27)18-12-7-15(3)28-18;/h7-12,27H,5-6,13-14H2,1-4H3,(H,22,26)(H2,23,24,25);1H. The summed E-state index contributed by atoms with van der Waals surface area (Å²) in [5.41, 5.74) is 0.460. The van der Waals surface area contributed by atoms with Crippen molar-refractivity contribution in [2.45, 2.75) is 39.8 Å². The van der Waals surface area contributed by atoms with Crippen LogP contribution in [0.5, 0.6) is 0 Å². The molecule has 8 heteroatoms. The molecule has 4 N–H and O–H groups in total. The molecule has 1 atom stereocenters. The average molecular weight is 514 g/mol. The van der Waals surface area contributed by atoms with E-state index in [2.05, 4.69) is 20.9 Å². The second-order valence-electron chi connectivity index (χ2n) is 6.79. The van der Waals surface area contributed by atoms with Gasteiger partial charge in [-0.2, -0.15) is 0 Å². The first-order chi connectivity index (χ1) is 13.4. The molecule has 0 bridgehead atoms. The van der Waals surface area contributed by atoms with Crippen LogP contribution < -0.4 is 16.0 Å². The van der Waals surface area contributed by atoms with Crippen molar-refractivity contribution in [3.8, 4) is 0 Å². The molecule has 2 aromatic rings. The van der Waals surface area contributed by atoms with Crippen molar-refractivity contribution in [3.63, 3.8) is 0 Å². The van der Waals surface area contributed by atoms with E-state index in [1.165, 1.54) is 0 Å². The molecule has 160 valence electrons. The largest absolute Gasteiger partial charge is 0.463 e. The molecule has 0 aliphatic rings. The van der Waals surface area contributed by atoms with E-state index in [0.29, 0.717) is 36.9 Å². The Hall–Kier alpha value is -2.07. The summed E-state index contributed by atoms with van der Waals surface area (Å²) in [6.45, 7) is 9.41. The number of amides is 1. The Kier molecular flexibility index (Phi) is 10.2. The Morgan fingerprint density at radius 1 is 1.07 bits per heavy atom. The zero-order chi connectivity index (χ0) is 20.6. The van der Waals surface area contributed by atoms with Crippen LogP contribution in [0, 0.1) is 6.92 Å². The molecular formula is C21H31IN4O3. The minimum atomic E-state index is -1.15. The highest BCUT2D eigenvalue weighted by Gasteiger charge is 2.27. The number of hydrogen-bond donors (Lipinski definition) is 4. The summed E-state index contributed by atoms with van der Waals surface area (Å²) in [5.74, 6) is 1.78. The van der Waals surface area contributed by atoms with Crippen LogP contribution >= 0.6 is 24.0 Å². The third kappa shape index (κ3) is 7.69. The number of carbonyl (C=O) groups is 1. The van der Waals surface area contributed by atoms with Gasteiger partial charge in [-0.3, -0.25) is 4.79 Å². The van der Waals surface area contributed by atoms with Crippen molar-refractivity contribution in [1.82, 2.24) is 16.0 Å². The van der Waals surface area contributed by atoms with E-state index in [-0.39, 0.29) is 36.4 Å². The minimum absolute atomic E-state index is 0. The molecular weight excluding hydrogens is 483 g/mol. The van der Waals surface area contributed by atoms with Gasteiger partial charge in [-0.1, -0.05) is 12.1 Å². The number of hydrogen-bond acceptors (Lipinski definition) is 4. The fraction of sp³-hybridized carbons (Fsp3) is 0.429. The number of nitrogens with zero attached hydrogens (tertiary/aromatic N) is 1. The molecule has 0 saturated heterocycles. The lowest BCUT2D eigenvalue weighted by Crippen LogP contribution is -2.44. The molecule has 0 aliphatic carbocycles. The molecule has 1 aromatic heterocycles. The molecule has 29 heavy (non-hydrogen) atoms. The van der Waals surface area contributed by atoms with Gasteiger partial charge in [-0.15, -0.1) is 24.0 Å². The van der Waals surface area contributed by atoms with E-state index in [4.69, 9.17) is 4.42 Å². The first-order valence-electron chi connectivity index (χ1n) is 9.54. The second-order valence-corrected chi connectivity index (χ2v) is 6.79. The van der Waals surface area contributed by atoms with Crippen molar-refractivity contribution < 1.29 is 14.3 Å². The lowest BCUT2D eigenvalue weighted by atomic mass is 10.0. The molecule has 1 amide bonds. The van der Waals surface area contributed by atoms with Gasteiger partial charge in [0.25, 0.3) is 5.91 Å². The van der Waals surface area contributed by atoms with Crippen LogP contribution in [0.15, 0.2) is 45.8 Å². The highest BCUT2D eigenvalue weighted by Crippen LogP contribution is 2.21. The van der Waals surface area contributed by atoms with Gasteiger partial charge in [-0.25, -0.2) is 4.99 Å². The van der Waals surface area contributed by atoms with Gasteiger partial charge in [0.15, 0.2) is 5.96 Å². The zero-order valence-corrected chi connectivity index (χ0v) is 19.7. The molecule has 0 saturated carbocycles. The molecule has 0 aliphatic heterocycles. The lowest BCUT2D eigenvalue weighted by Gasteiger charge is -2.22. The van der Waals surface area contributed by atoms with E-state index >= 15 is 0 Å². The van der Waals surface area contributed by atoms with E-state index in [9.17, 15) is 9.90 Å². The maximum atomic E-state index is 11.8. The summed E-state index contributed by atoms with van der Waals surface area (Å²) in [6, 6.07) is 11.0. The highest BCUT2D eigenvalue weighted by atomic mass is 127. The number of aliphatic hydroxyl groups is 1. The quantitative estimate of drug-likeness (QED) is 0.247. The Morgan fingerprint density at radius 3 is 2.28 bits per heavy atom. The minimum Gasteiger partial charge on any atom is -0.463 e. The Labute approximate surface area is 189 Å². The van der Waals surface area contributed by atoms with Crippen molar-refractivity contribution >= 4 is 35.8 Å². The number of furan rings is 1. The lowest BCUT2D eigenvalue weighted by molar-refractivity contribution is 0.0378. The van der Waals surface area contributed by atoms with Crippen LogP contribution in [0.2, 0.25) is 0 Å². The van der Waals surface area contributed by atoms with Gasteiger partial charge in [0.05, 0.1) is 13.1 Å². The van der Waals surface area contributed by atoms with Crippen molar-refractivity contribution in [2.24, 2.45) is 4.99 Å². The number of guanidine groups is 1. The number of rotatable bonds is 8. The van der Waals surface area contributed by atoms with E-state index in [1.54, 1.807) is 25.1 Å². The third-order valence-electron chi connectivity index (χ3n) is 4.19. The molecule has 2 rings (SSSR count). The van der Waals surface area contributed by atoms with Crippen LogP contribution in [-0.4, -0.2) is 36.6 Å². The molecule has 7 nitrogen and oxygen atoms in total. The predicted octanol–water partition coefficient (Wildman–Crippen LogP) is 2.92. The number of carbonyl (C=O) groups excluding carboxylic acids is 1. The van der Waals surface area contributed by atoms with Crippen LogP contribution in [0.25, 0.3) is 0 Å². The summed E-state index contributed by atoms with van der Waals surface area (Å²) in [5, 5.41) is 19.7. The van der Waals surface area contributed by atoms with Gasteiger partial charge >= 0.3 is 0 Å². The van der Waals surface area contributed by atoms with Gasteiger partial charge in [0, 0.05) is 18.7 Å². The van der Waals surface area contributed by atoms with Crippen molar-refractivity contribution in [2.75, 3.05) is 19.6 Å². The number of halogens is 1. The molecule has 1 heterocycles. The fourth-order valence-electron chi connectivity index (χ4n) is 2.60. The topological polar surface area (TPSA) is 98.9 Å². The fourth-order valence-corrected chi connectivity index (χ4v) is 2.60. The van der Waals surface area contributed by atoms with Gasteiger partial charge in [-0.05, 0) is 57.5 Å². The highest BCUT2D eigenvalue weighted by molar-refractivity contribution is 14.0. The first kappa shape index (κ1) is 25.0. The zero-order valence-electron chi connectivity index (χ0n) is 17.4. The van der Waals surface area contributed by atoms with Crippen LogP contribution in [-0.2, 0) is 12.1 Å². The third-order valence-corrected chi connectivity index (χ3v) is 4.19. The van der Waals surface area contributed by atoms with Crippen LogP contribution in [0.3, 0.4) is 0 Å². The number of benzene rings is 1. The van der Waals surface area contributed by atoms with Crippen LogP contribution in [0.4, 0.5) is 0 Å². The van der Waals surface area contributed by atoms with Crippen LogP contribution in [0.1, 0.15) is 48.2 Å². The Bertz CT molecular complexity index is 801. The molecule has 0 fully saturated rings. The SMILES string of the molecule is CCNC(=O)c1ccc(CN=C(NCC)NCC(C)(O)c2ccc(C)o2)cc1.I. The number of aliphatic imine (C=N–C) groups is 1. The second kappa shape index (κ2) is 11.8. The molecule has 0 radical (unpaired) electrons. The normalized spacial score (nSPS) is 13.2. The Morgan fingerprint density at radius 2 is 1.72 bits per heavy atom. The summed E-state index contributed by atoms with van der Waals surface area (Å²) >= 11 is 0. The smallest absolute Gasteiger partial charge is 0.251 e. The van der Waals surface area contributed by atoms with E-state index in [1.807, 2.05) is 39.0 Å². The first-order valence-corrected chi connectivity index (χ1v) is 9.54. The van der Waals surface area contributed by atoms with Gasteiger partial charge < -0.3 is 25.5 Å². The van der Waals surface area contributed by atoms with Crippen molar-refractivity contribution in [3.05, 3.63) is 59.0 Å². The maximum Gasteiger partial charge on any atom is 0.251 e. The molecule has 1 unspecified atom stereocenters. The molecule has 0 spiro atoms. The average Bonchev–Trinajstić information content (AvgIpc) is 3.12. The summed E-state index contributed by atoms with van der Waals surface area (Å²) < 4.78 is 5.53. The number of nitrogens with one attached hydrogen (secondary N) is 3. The summed E-state index contributed by atoms with van der Waals surface area (Å²) in [6.07, 6.45) is 0. The van der Waals surface area contributed by atoms with Crippen molar-refractivity contribution in [1.29, 1.82) is 0 Å². The predicted molar refractivity (Wildman–Crippen MR) is 126 cm³/mol. The monoisotopic (exact) mass is 514 g/mol. The molecule has 1 aromatic carbocycles. The van der Waals surface area contributed by atoms with Gasteiger partial charge in [0.2, 0.25) is 0 Å². The maximum absolute atomic E-state index is 11.8. The van der Waals surface area contributed by atoms with Gasteiger partial charge in [0.1, 0.15) is 17.1 Å². The summed E-state index contributed by atoms with van der Waals surface area (Å²) in [7, 11) is 0. The summed E-state index contributed by atoms with van der Waals surface area (Å²) in [4.78, 5) is 16.4. The van der Waals surface area contributed by atoms with E-state index < -0.39 is 5.60 Å². The van der Waals surface area contributed by atoms with E-state index in [0.717, 1.165) is 11.3 Å². The Balaban J connectivity index is 0.00000420. The number of aryl methyl sites for hydroxylation is 1.